The van der Waals surface area contributed by atoms with Crippen LogP contribution in [0.2, 0.25) is 0 Å². The maximum absolute atomic E-state index is 11.0. The van der Waals surface area contributed by atoms with Gasteiger partial charge in [0.25, 0.3) is 0 Å². The van der Waals surface area contributed by atoms with Crippen LogP contribution in [0.3, 0.4) is 0 Å². The molecule has 0 saturated carbocycles. The summed E-state index contributed by atoms with van der Waals surface area (Å²) < 4.78 is 1.51. The molecule has 1 amide bonds. The normalized spacial score (nSPS) is 12.7. The van der Waals surface area contributed by atoms with E-state index in [1.54, 1.807) is 6.20 Å². The summed E-state index contributed by atoms with van der Waals surface area (Å²) in [6.07, 6.45) is 2.35. The number of aromatic nitrogens is 3. The van der Waals surface area contributed by atoms with Crippen LogP contribution in [0.15, 0.2) is 6.20 Å². The topological polar surface area (TPSA) is 85.8 Å². The van der Waals surface area contributed by atoms with Crippen molar-refractivity contribution in [2.24, 2.45) is 5.73 Å². The van der Waals surface area contributed by atoms with Crippen molar-refractivity contribution in [1.29, 1.82) is 0 Å². The number of primary amides is 1. The molecule has 78 valence electrons. The zero-order valence-electron chi connectivity index (χ0n) is 8.40. The van der Waals surface area contributed by atoms with Crippen LogP contribution in [0, 0.1) is 0 Å². The molecule has 0 fully saturated rings. The maximum Gasteiger partial charge on any atom is 0.242 e. The SMILES string of the molecule is CCC(C(N)=O)n1cc(CNC)nn1. The fourth-order valence-corrected chi connectivity index (χ4v) is 1.25. The maximum atomic E-state index is 11.0. The van der Waals surface area contributed by atoms with Crippen LogP contribution in [0.1, 0.15) is 25.1 Å². The molecule has 1 aromatic heterocycles. The van der Waals surface area contributed by atoms with Crippen molar-refractivity contribution in [3.63, 3.8) is 0 Å². The van der Waals surface area contributed by atoms with E-state index in [1.165, 1.54) is 4.68 Å². The third-order valence-electron chi connectivity index (χ3n) is 1.95. The number of nitrogens with one attached hydrogen (secondary N) is 1. The molecule has 6 heteroatoms. The molecule has 0 aliphatic carbocycles. The summed E-state index contributed by atoms with van der Waals surface area (Å²) in [5.41, 5.74) is 6.02. The molecular formula is C8H15N5O. The third kappa shape index (κ3) is 2.29. The van der Waals surface area contributed by atoms with E-state index in [9.17, 15) is 4.79 Å². The van der Waals surface area contributed by atoms with Gasteiger partial charge in [0.15, 0.2) is 0 Å². The highest BCUT2D eigenvalue weighted by molar-refractivity contribution is 5.78. The van der Waals surface area contributed by atoms with Gasteiger partial charge in [0.05, 0.1) is 11.9 Å². The minimum Gasteiger partial charge on any atom is -0.368 e. The Labute approximate surface area is 82.5 Å². The van der Waals surface area contributed by atoms with Crippen molar-refractivity contribution in [3.05, 3.63) is 11.9 Å². The van der Waals surface area contributed by atoms with Gasteiger partial charge in [-0.3, -0.25) is 4.79 Å². The first-order chi connectivity index (χ1) is 6.69. The van der Waals surface area contributed by atoms with Gasteiger partial charge in [-0.05, 0) is 13.5 Å². The highest BCUT2D eigenvalue weighted by atomic mass is 16.1. The number of hydrogen-bond acceptors (Lipinski definition) is 4. The zero-order valence-corrected chi connectivity index (χ0v) is 8.40. The van der Waals surface area contributed by atoms with E-state index in [-0.39, 0.29) is 5.91 Å². The van der Waals surface area contributed by atoms with Crippen molar-refractivity contribution in [2.75, 3.05) is 7.05 Å². The van der Waals surface area contributed by atoms with Crippen LogP contribution in [-0.4, -0.2) is 27.9 Å². The van der Waals surface area contributed by atoms with Gasteiger partial charge >= 0.3 is 0 Å². The quantitative estimate of drug-likeness (QED) is 0.662. The fourth-order valence-electron chi connectivity index (χ4n) is 1.25. The molecule has 0 aromatic carbocycles. The molecule has 1 unspecified atom stereocenters. The Balaban J connectivity index is 2.78. The highest BCUT2D eigenvalue weighted by Gasteiger charge is 2.16. The largest absolute Gasteiger partial charge is 0.368 e. The van der Waals surface area contributed by atoms with E-state index in [2.05, 4.69) is 15.6 Å². The van der Waals surface area contributed by atoms with Gasteiger partial charge in [0.2, 0.25) is 5.91 Å². The van der Waals surface area contributed by atoms with Crippen molar-refractivity contribution in [2.45, 2.75) is 25.9 Å². The molecule has 0 aliphatic rings. The smallest absolute Gasteiger partial charge is 0.242 e. The Bertz CT molecular complexity index is 308. The predicted octanol–water partition coefficient (Wildman–Crippen LogP) is -0.566. The lowest BCUT2D eigenvalue weighted by atomic mass is 10.2. The Morgan fingerprint density at radius 1 is 1.79 bits per heavy atom. The second-order valence-electron chi connectivity index (χ2n) is 3.05. The van der Waals surface area contributed by atoms with Crippen LogP contribution >= 0.6 is 0 Å². The van der Waals surface area contributed by atoms with E-state index < -0.39 is 6.04 Å². The lowest BCUT2D eigenvalue weighted by Gasteiger charge is -2.09. The van der Waals surface area contributed by atoms with Crippen LogP contribution in [-0.2, 0) is 11.3 Å². The van der Waals surface area contributed by atoms with E-state index in [4.69, 9.17) is 5.73 Å². The number of carbonyl (C=O) groups is 1. The molecular weight excluding hydrogens is 182 g/mol. The zero-order chi connectivity index (χ0) is 10.6. The molecule has 6 nitrogen and oxygen atoms in total. The Morgan fingerprint density at radius 3 is 3.00 bits per heavy atom. The van der Waals surface area contributed by atoms with Crippen LogP contribution < -0.4 is 11.1 Å². The molecule has 1 rings (SSSR count). The summed E-state index contributed by atoms with van der Waals surface area (Å²) in [5.74, 6) is -0.381. The molecule has 1 heterocycles. The second kappa shape index (κ2) is 4.71. The number of rotatable bonds is 5. The summed E-state index contributed by atoms with van der Waals surface area (Å²) in [4.78, 5) is 11.0. The van der Waals surface area contributed by atoms with E-state index in [0.29, 0.717) is 13.0 Å². The monoisotopic (exact) mass is 197 g/mol. The minimum absolute atomic E-state index is 0.381. The number of hydrogen-bond donors (Lipinski definition) is 2. The Hall–Kier alpha value is -1.43. The summed E-state index contributed by atoms with van der Waals surface area (Å²) >= 11 is 0. The number of amides is 1. The molecule has 14 heavy (non-hydrogen) atoms. The lowest BCUT2D eigenvalue weighted by Crippen LogP contribution is -2.26. The van der Waals surface area contributed by atoms with Gasteiger partial charge in [0.1, 0.15) is 6.04 Å². The molecule has 1 aromatic rings. The van der Waals surface area contributed by atoms with Gasteiger partial charge in [-0.25, -0.2) is 4.68 Å². The van der Waals surface area contributed by atoms with Crippen molar-refractivity contribution in [1.82, 2.24) is 20.3 Å². The molecule has 3 N–H and O–H groups in total. The van der Waals surface area contributed by atoms with Gasteiger partial charge in [-0.15, -0.1) is 5.10 Å². The Morgan fingerprint density at radius 2 is 2.50 bits per heavy atom. The highest BCUT2D eigenvalue weighted by Crippen LogP contribution is 2.08. The van der Waals surface area contributed by atoms with E-state index in [1.807, 2.05) is 14.0 Å². The summed E-state index contributed by atoms with van der Waals surface area (Å²) in [6, 6.07) is -0.395. The first kappa shape index (κ1) is 10.6. The molecule has 0 aliphatic heterocycles. The average molecular weight is 197 g/mol. The minimum atomic E-state index is -0.395. The first-order valence-electron chi connectivity index (χ1n) is 4.53. The second-order valence-corrected chi connectivity index (χ2v) is 3.05. The number of nitrogens with zero attached hydrogens (tertiary/aromatic N) is 3. The van der Waals surface area contributed by atoms with Crippen molar-refractivity contribution < 1.29 is 4.79 Å². The average Bonchev–Trinajstić information content (AvgIpc) is 2.54. The number of carbonyl (C=O) groups excluding carboxylic acids is 1. The van der Waals surface area contributed by atoms with Crippen LogP contribution in [0.4, 0.5) is 0 Å². The van der Waals surface area contributed by atoms with Gasteiger partial charge < -0.3 is 11.1 Å². The van der Waals surface area contributed by atoms with Gasteiger partial charge in [0, 0.05) is 6.54 Å². The summed E-state index contributed by atoms with van der Waals surface area (Å²) in [5, 5.41) is 10.7. The lowest BCUT2D eigenvalue weighted by molar-refractivity contribution is -0.121. The molecule has 0 radical (unpaired) electrons. The molecule has 0 spiro atoms. The third-order valence-corrected chi connectivity index (χ3v) is 1.95. The van der Waals surface area contributed by atoms with Crippen molar-refractivity contribution >= 4 is 5.91 Å². The Kier molecular flexibility index (Phi) is 3.58. The summed E-state index contributed by atoms with van der Waals surface area (Å²) in [6.45, 7) is 2.52. The first-order valence-corrected chi connectivity index (χ1v) is 4.53. The summed E-state index contributed by atoms with van der Waals surface area (Å²) in [7, 11) is 1.82. The fraction of sp³-hybridized carbons (Fsp3) is 0.625. The van der Waals surface area contributed by atoms with Crippen LogP contribution in [0.25, 0.3) is 0 Å². The molecule has 0 saturated heterocycles. The van der Waals surface area contributed by atoms with Gasteiger partial charge in [-0.1, -0.05) is 12.1 Å². The number of nitrogens with two attached hydrogens (primary N) is 1. The van der Waals surface area contributed by atoms with Crippen molar-refractivity contribution in [3.8, 4) is 0 Å². The van der Waals surface area contributed by atoms with Crippen LogP contribution in [0.5, 0.6) is 0 Å². The van der Waals surface area contributed by atoms with Gasteiger partial charge in [-0.2, -0.15) is 0 Å². The standard InChI is InChI=1S/C8H15N5O/c1-3-7(8(9)14)13-5-6(4-10-2)11-12-13/h5,7,10H,3-4H2,1-2H3,(H2,9,14). The van der Waals surface area contributed by atoms with E-state index >= 15 is 0 Å². The predicted molar refractivity (Wildman–Crippen MR) is 51.3 cm³/mol. The molecule has 0 bridgehead atoms. The molecule has 1 atom stereocenters. The van der Waals surface area contributed by atoms with E-state index in [0.717, 1.165) is 5.69 Å².